The molecule has 5 nitrogen and oxygen atoms in total. The number of nitrogens with zero attached hydrogens (tertiary/aromatic N) is 1. The molecule has 0 aliphatic carbocycles. The van der Waals surface area contributed by atoms with Gasteiger partial charge in [-0.15, -0.1) is 0 Å². The molecule has 0 amide bonds. The molecule has 0 saturated carbocycles. The molecule has 0 saturated heterocycles. The summed E-state index contributed by atoms with van der Waals surface area (Å²) in [5.74, 6) is -0.555. The number of alkyl halides is 6. The highest BCUT2D eigenvalue weighted by molar-refractivity contribution is 5.71. The van der Waals surface area contributed by atoms with E-state index in [1.807, 2.05) is 0 Å². The summed E-state index contributed by atoms with van der Waals surface area (Å²) in [7, 11) is 3.49. The summed E-state index contributed by atoms with van der Waals surface area (Å²) < 4.78 is 92.9. The van der Waals surface area contributed by atoms with E-state index in [1.165, 1.54) is 0 Å². The van der Waals surface area contributed by atoms with E-state index in [-0.39, 0.29) is 18.2 Å². The monoisotopic (exact) mass is 582 g/mol. The molecule has 0 aliphatic heterocycles. The van der Waals surface area contributed by atoms with Gasteiger partial charge >= 0.3 is 18.3 Å². The van der Waals surface area contributed by atoms with Gasteiger partial charge in [-0.2, -0.15) is 26.3 Å². The summed E-state index contributed by atoms with van der Waals surface area (Å²) in [6.07, 6.45) is -10.5. The fourth-order valence-electron chi connectivity index (χ4n) is 4.35. The van der Waals surface area contributed by atoms with Crippen LogP contribution in [-0.4, -0.2) is 43.8 Å². The number of hydrogen-bond acceptors (Lipinski definition) is 5. The van der Waals surface area contributed by atoms with Crippen molar-refractivity contribution in [3.63, 3.8) is 0 Å². The van der Waals surface area contributed by atoms with Gasteiger partial charge in [0.25, 0.3) is 0 Å². The van der Waals surface area contributed by atoms with Crippen molar-refractivity contribution in [3.8, 4) is 0 Å². The lowest BCUT2D eigenvalue weighted by molar-refractivity contribution is -0.154. The first kappa shape index (κ1) is 32.1. The number of halogens is 6. The maximum atomic E-state index is 13.5. The zero-order valence-electron chi connectivity index (χ0n) is 23.0. The molecule has 0 heterocycles. The topological polar surface area (TPSA) is 50.8 Å². The molecule has 2 unspecified atom stereocenters. The third-order valence-corrected chi connectivity index (χ3v) is 6.71. The first-order valence-corrected chi connectivity index (χ1v) is 12.8. The van der Waals surface area contributed by atoms with Gasteiger partial charge in [-0.05, 0) is 62.8 Å². The van der Waals surface area contributed by atoms with Crippen molar-refractivity contribution in [1.82, 2.24) is 10.2 Å². The van der Waals surface area contributed by atoms with Crippen molar-refractivity contribution >= 4 is 5.97 Å². The number of nitrogens with one attached hydrogen (secondary N) is 1. The Hall–Kier alpha value is -3.41. The van der Waals surface area contributed by atoms with Crippen LogP contribution in [0.4, 0.5) is 26.3 Å². The van der Waals surface area contributed by atoms with Crippen LogP contribution in [0.15, 0.2) is 78.9 Å². The molecule has 0 aromatic heterocycles. The number of esters is 1. The maximum absolute atomic E-state index is 13.5. The van der Waals surface area contributed by atoms with Gasteiger partial charge in [0.1, 0.15) is 5.60 Å². The zero-order valence-corrected chi connectivity index (χ0v) is 23.0. The summed E-state index contributed by atoms with van der Waals surface area (Å²) in [6, 6.07) is 18.1. The Balaban J connectivity index is 2.06. The van der Waals surface area contributed by atoms with E-state index < -0.39 is 53.9 Å². The predicted molar refractivity (Wildman–Crippen MR) is 142 cm³/mol. The fraction of sp³-hybridized carbons (Fsp3) is 0.367. The number of ether oxygens (including phenoxy) is 2. The van der Waals surface area contributed by atoms with E-state index >= 15 is 0 Å². The van der Waals surface area contributed by atoms with Crippen molar-refractivity contribution in [2.45, 2.75) is 50.7 Å². The lowest BCUT2D eigenvalue weighted by Crippen LogP contribution is -2.51. The molecule has 222 valence electrons. The molecule has 0 bridgehead atoms. The first-order chi connectivity index (χ1) is 19.1. The van der Waals surface area contributed by atoms with Crippen molar-refractivity contribution in [2.24, 2.45) is 0 Å². The van der Waals surface area contributed by atoms with Gasteiger partial charge in [0.15, 0.2) is 6.23 Å². The molecule has 3 aromatic carbocycles. The Morgan fingerprint density at radius 1 is 0.780 bits per heavy atom. The average Bonchev–Trinajstić information content (AvgIpc) is 2.92. The van der Waals surface area contributed by atoms with Crippen LogP contribution in [0.5, 0.6) is 0 Å². The van der Waals surface area contributed by atoms with Gasteiger partial charge in [0.05, 0.1) is 24.3 Å². The fourth-order valence-corrected chi connectivity index (χ4v) is 4.35. The maximum Gasteiger partial charge on any atom is 0.416 e. The van der Waals surface area contributed by atoms with Gasteiger partial charge in [0.2, 0.25) is 0 Å². The number of carbonyl (C=O) groups is 1. The van der Waals surface area contributed by atoms with Crippen molar-refractivity contribution in [2.75, 3.05) is 20.6 Å². The van der Waals surface area contributed by atoms with E-state index in [0.717, 1.165) is 0 Å². The highest BCUT2D eigenvalue weighted by atomic mass is 19.4. The Morgan fingerprint density at radius 2 is 1.24 bits per heavy atom. The largest absolute Gasteiger partial charge is 0.446 e. The molecular weight excluding hydrogens is 550 g/mol. The SMILES string of the molecule is CC(OC(=O)CNC(C)C(OCc1cc(C(F)(F)F)cc(C(F)(F)F)c1)(c1ccccc1)c1ccccc1)N(C)C. The van der Waals surface area contributed by atoms with Crippen LogP contribution >= 0.6 is 0 Å². The van der Waals surface area contributed by atoms with E-state index in [4.69, 9.17) is 9.47 Å². The molecule has 3 rings (SSSR count). The summed E-state index contributed by atoms with van der Waals surface area (Å²) in [5, 5.41) is 3.09. The number of benzene rings is 3. The molecule has 11 heteroatoms. The van der Waals surface area contributed by atoms with E-state index in [0.29, 0.717) is 23.3 Å². The minimum absolute atomic E-state index is 0.0790. The van der Waals surface area contributed by atoms with Gasteiger partial charge in [0, 0.05) is 6.04 Å². The zero-order chi connectivity index (χ0) is 30.4. The standard InChI is InChI=1S/C30H32F6N2O3/c1-20(37-18-27(39)41-21(2)38(3)4)28(23-11-7-5-8-12-23,24-13-9-6-10-14-24)40-19-22-15-25(29(31,32)33)17-26(16-22)30(34,35)36/h5-17,20-21,37H,18-19H2,1-4H3. The van der Waals surface area contributed by atoms with Crippen molar-refractivity contribution in [1.29, 1.82) is 0 Å². The van der Waals surface area contributed by atoms with Crippen LogP contribution in [0.3, 0.4) is 0 Å². The summed E-state index contributed by atoms with van der Waals surface area (Å²) in [4.78, 5) is 14.2. The van der Waals surface area contributed by atoms with E-state index in [9.17, 15) is 31.1 Å². The number of rotatable bonds is 11. The van der Waals surface area contributed by atoms with Gasteiger partial charge < -0.3 is 14.8 Å². The third kappa shape index (κ3) is 8.08. The number of hydrogen-bond donors (Lipinski definition) is 1. The Kier molecular flexibility index (Phi) is 10.2. The number of carbonyl (C=O) groups excluding carboxylic acids is 1. The highest BCUT2D eigenvalue weighted by Gasteiger charge is 2.42. The average molecular weight is 583 g/mol. The van der Waals surface area contributed by atoms with Crippen LogP contribution in [0.1, 0.15) is 41.7 Å². The normalized spacial score (nSPS) is 14.1. The second kappa shape index (κ2) is 13.1. The second-order valence-corrected chi connectivity index (χ2v) is 9.83. The second-order valence-electron chi connectivity index (χ2n) is 9.83. The summed E-state index contributed by atoms with van der Waals surface area (Å²) >= 11 is 0. The predicted octanol–water partition coefficient (Wildman–Crippen LogP) is 6.61. The van der Waals surface area contributed by atoms with E-state index in [2.05, 4.69) is 5.32 Å². The molecule has 0 radical (unpaired) electrons. The third-order valence-electron chi connectivity index (χ3n) is 6.71. The Morgan fingerprint density at radius 3 is 1.66 bits per heavy atom. The summed E-state index contributed by atoms with van der Waals surface area (Å²) in [6.45, 7) is 2.60. The molecule has 0 spiro atoms. The van der Waals surface area contributed by atoms with E-state index in [1.54, 1.807) is 93.5 Å². The van der Waals surface area contributed by atoms with Crippen LogP contribution in [0.2, 0.25) is 0 Å². The van der Waals surface area contributed by atoms with Crippen molar-refractivity contribution < 1.29 is 40.6 Å². The van der Waals surface area contributed by atoms with Crippen LogP contribution in [0.25, 0.3) is 0 Å². The Labute approximate surface area is 235 Å². The molecule has 0 aliphatic rings. The quantitative estimate of drug-likeness (QED) is 0.157. The van der Waals surface area contributed by atoms with Crippen molar-refractivity contribution in [3.05, 3.63) is 107 Å². The Bertz CT molecular complexity index is 1210. The first-order valence-electron chi connectivity index (χ1n) is 12.8. The smallest absolute Gasteiger partial charge is 0.416 e. The molecule has 3 aromatic rings. The van der Waals surface area contributed by atoms with Gasteiger partial charge in [-0.25, -0.2) is 0 Å². The van der Waals surface area contributed by atoms with Gasteiger partial charge in [-0.3, -0.25) is 9.69 Å². The molecule has 1 N–H and O–H groups in total. The lowest BCUT2D eigenvalue weighted by atomic mass is 9.80. The van der Waals surface area contributed by atoms with Crippen LogP contribution < -0.4 is 5.32 Å². The van der Waals surface area contributed by atoms with Gasteiger partial charge in [-0.1, -0.05) is 60.7 Å². The van der Waals surface area contributed by atoms with Crippen LogP contribution in [0, 0.1) is 0 Å². The molecule has 41 heavy (non-hydrogen) atoms. The minimum atomic E-state index is -5.00. The molecule has 0 fully saturated rings. The summed E-state index contributed by atoms with van der Waals surface area (Å²) in [5.41, 5.74) is -3.45. The lowest BCUT2D eigenvalue weighted by Gasteiger charge is -2.41. The molecular formula is C30H32F6N2O3. The molecule has 2 atom stereocenters. The minimum Gasteiger partial charge on any atom is -0.446 e. The van der Waals surface area contributed by atoms with Crippen LogP contribution in [-0.2, 0) is 38.8 Å². The highest BCUT2D eigenvalue weighted by Crippen LogP contribution is 2.40.